The van der Waals surface area contributed by atoms with Crippen molar-refractivity contribution in [3.05, 3.63) is 47.0 Å². The zero-order valence-corrected chi connectivity index (χ0v) is 9.83. The zero-order valence-electron chi connectivity index (χ0n) is 9.83. The van der Waals surface area contributed by atoms with Gasteiger partial charge in [0.1, 0.15) is 0 Å². The summed E-state index contributed by atoms with van der Waals surface area (Å²) in [5.41, 5.74) is 4.37. The summed E-state index contributed by atoms with van der Waals surface area (Å²) in [7, 11) is 1.77. The van der Waals surface area contributed by atoms with Gasteiger partial charge in [0.25, 0.3) is 0 Å². The number of ether oxygens (including phenoxy) is 1. The lowest BCUT2D eigenvalue weighted by Crippen LogP contribution is -2.27. The molecule has 86 valence electrons. The molecule has 0 amide bonds. The van der Waals surface area contributed by atoms with E-state index in [4.69, 9.17) is 4.74 Å². The van der Waals surface area contributed by atoms with Crippen molar-refractivity contribution >= 4 is 0 Å². The van der Waals surface area contributed by atoms with Gasteiger partial charge in [-0.05, 0) is 30.5 Å². The van der Waals surface area contributed by atoms with Crippen LogP contribution in [0.5, 0.6) is 0 Å². The molecule has 0 atom stereocenters. The van der Waals surface area contributed by atoms with Crippen molar-refractivity contribution in [1.29, 1.82) is 0 Å². The molecule has 0 saturated heterocycles. The average molecular weight is 217 g/mol. The van der Waals surface area contributed by atoms with Crippen molar-refractivity contribution in [1.82, 2.24) is 5.32 Å². The monoisotopic (exact) mass is 217 g/mol. The molecule has 1 aliphatic rings. The number of hydrogen-bond acceptors (Lipinski definition) is 2. The predicted octanol–water partition coefficient (Wildman–Crippen LogP) is 2.17. The number of hydrogen-bond donors (Lipinski definition) is 1. The highest BCUT2D eigenvalue weighted by Gasteiger charge is 2.12. The fourth-order valence-electron chi connectivity index (χ4n) is 2.16. The van der Waals surface area contributed by atoms with Gasteiger partial charge in [-0.15, -0.1) is 0 Å². The van der Waals surface area contributed by atoms with Crippen LogP contribution in [-0.4, -0.2) is 26.8 Å². The van der Waals surface area contributed by atoms with Crippen LogP contribution < -0.4 is 5.32 Å². The Morgan fingerprint density at radius 1 is 1.19 bits per heavy atom. The lowest BCUT2D eigenvalue weighted by atomic mass is 9.95. The summed E-state index contributed by atoms with van der Waals surface area (Å²) in [6.45, 7) is 2.83. The van der Waals surface area contributed by atoms with Crippen molar-refractivity contribution in [3.8, 4) is 0 Å². The average Bonchev–Trinajstić information content (AvgIpc) is 2.33. The lowest BCUT2D eigenvalue weighted by molar-refractivity contribution is 0.221. The van der Waals surface area contributed by atoms with Crippen molar-refractivity contribution in [3.63, 3.8) is 0 Å². The molecular weight excluding hydrogens is 198 g/mol. The first kappa shape index (κ1) is 11.4. The maximum absolute atomic E-state index is 5.25. The smallest absolute Gasteiger partial charge is 0.0688 e. The minimum Gasteiger partial charge on any atom is -0.380 e. The van der Waals surface area contributed by atoms with Gasteiger partial charge in [-0.1, -0.05) is 35.9 Å². The van der Waals surface area contributed by atoms with Gasteiger partial charge >= 0.3 is 0 Å². The largest absolute Gasteiger partial charge is 0.380 e. The van der Waals surface area contributed by atoms with Crippen LogP contribution in [0.2, 0.25) is 0 Å². The summed E-state index contributed by atoms with van der Waals surface area (Å²) in [5.74, 6) is 0. The lowest BCUT2D eigenvalue weighted by Gasteiger charge is -2.21. The summed E-state index contributed by atoms with van der Waals surface area (Å²) in [5, 5.41) is 3.40. The molecule has 2 nitrogen and oxygen atoms in total. The molecule has 0 saturated carbocycles. The van der Waals surface area contributed by atoms with Gasteiger partial charge in [0.2, 0.25) is 0 Å². The van der Waals surface area contributed by atoms with Gasteiger partial charge in [0, 0.05) is 13.7 Å². The molecule has 16 heavy (non-hydrogen) atoms. The highest BCUT2D eigenvalue weighted by molar-refractivity contribution is 5.27. The van der Waals surface area contributed by atoms with Crippen LogP contribution >= 0.6 is 0 Å². The maximum Gasteiger partial charge on any atom is 0.0688 e. The third kappa shape index (κ3) is 2.94. The summed E-state index contributed by atoms with van der Waals surface area (Å²) >= 11 is 0. The van der Waals surface area contributed by atoms with Crippen LogP contribution in [0, 0.1) is 0 Å². The fraction of sp³-hybridized carbons (Fsp3) is 0.429. The Kier molecular flexibility index (Phi) is 4.14. The van der Waals surface area contributed by atoms with Crippen molar-refractivity contribution in [2.75, 3.05) is 26.8 Å². The first-order valence-electron chi connectivity index (χ1n) is 5.83. The Morgan fingerprint density at radius 2 is 2.00 bits per heavy atom. The van der Waals surface area contributed by atoms with Gasteiger partial charge in [-0.2, -0.15) is 0 Å². The second kappa shape index (κ2) is 5.83. The molecule has 0 spiro atoms. The van der Waals surface area contributed by atoms with Gasteiger partial charge < -0.3 is 10.1 Å². The minimum absolute atomic E-state index is 0.759. The third-order valence-corrected chi connectivity index (χ3v) is 3.02. The predicted molar refractivity (Wildman–Crippen MR) is 66.5 cm³/mol. The summed E-state index contributed by atoms with van der Waals surface area (Å²) in [4.78, 5) is 0. The van der Waals surface area contributed by atoms with Crippen molar-refractivity contribution < 1.29 is 4.74 Å². The molecule has 1 aromatic rings. The Balaban J connectivity index is 2.11. The molecule has 2 heteroatoms. The van der Waals surface area contributed by atoms with E-state index in [1.807, 2.05) is 0 Å². The molecule has 0 aromatic heterocycles. The van der Waals surface area contributed by atoms with E-state index in [0.29, 0.717) is 0 Å². The van der Waals surface area contributed by atoms with Gasteiger partial charge in [0.05, 0.1) is 6.61 Å². The van der Waals surface area contributed by atoms with Gasteiger partial charge in [-0.3, -0.25) is 0 Å². The van der Waals surface area contributed by atoms with E-state index in [1.54, 1.807) is 12.7 Å². The van der Waals surface area contributed by atoms with E-state index in [9.17, 15) is 0 Å². The maximum atomic E-state index is 5.25. The molecule has 0 fully saturated rings. The Morgan fingerprint density at radius 3 is 2.75 bits per heavy atom. The molecule has 1 aromatic carbocycles. The van der Waals surface area contributed by atoms with E-state index in [1.165, 1.54) is 11.1 Å². The molecule has 0 unspecified atom stereocenters. The minimum atomic E-state index is 0.759. The highest BCUT2D eigenvalue weighted by atomic mass is 16.5. The van der Waals surface area contributed by atoms with E-state index in [2.05, 4.69) is 35.6 Å². The number of nitrogens with one attached hydrogen (secondary N) is 1. The number of rotatable bonds is 4. The SMILES string of the molecule is COCC1=C(Cc2ccccc2)CCNC1. The highest BCUT2D eigenvalue weighted by Crippen LogP contribution is 2.18. The first-order chi connectivity index (χ1) is 7.90. The second-order valence-corrected chi connectivity index (χ2v) is 4.23. The number of benzene rings is 1. The van der Waals surface area contributed by atoms with E-state index < -0.39 is 0 Å². The molecular formula is C14H19NO. The van der Waals surface area contributed by atoms with E-state index in [0.717, 1.165) is 32.5 Å². The van der Waals surface area contributed by atoms with Crippen molar-refractivity contribution in [2.45, 2.75) is 12.8 Å². The van der Waals surface area contributed by atoms with E-state index >= 15 is 0 Å². The molecule has 0 bridgehead atoms. The van der Waals surface area contributed by atoms with Crippen LogP contribution in [0.4, 0.5) is 0 Å². The summed E-state index contributed by atoms with van der Waals surface area (Å²) in [6, 6.07) is 10.7. The summed E-state index contributed by atoms with van der Waals surface area (Å²) in [6.07, 6.45) is 2.22. The third-order valence-electron chi connectivity index (χ3n) is 3.02. The van der Waals surface area contributed by atoms with E-state index in [-0.39, 0.29) is 0 Å². The van der Waals surface area contributed by atoms with Gasteiger partial charge in [0.15, 0.2) is 0 Å². The van der Waals surface area contributed by atoms with Crippen LogP contribution in [0.3, 0.4) is 0 Å². The Hall–Kier alpha value is -1.12. The Labute approximate surface area is 97.3 Å². The molecule has 1 heterocycles. The Bertz CT molecular complexity index is 356. The number of methoxy groups -OCH3 is 1. The fourth-order valence-corrected chi connectivity index (χ4v) is 2.16. The second-order valence-electron chi connectivity index (χ2n) is 4.23. The van der Waals surface area contributed by atoms with Crippen LogP contribution in [0.25, 0.3) is 0 Å². The summed E-state index contributed by atoms with van der Waals surface area (Å²) < 4.78 is 5.25. The zero-order chi connectivity index (χ0) is 11.2. The van der Waals surface area contributed by atoms with Crippen LogP contribution in [-0.2, 0) is 11.2 Å². The van der Waals surface area contributed by atoms with Gasteiger partial charge in [-0.25, -0.2) is 0 Å². The first-order valence-corrected chi connectivity index (χ1v) is 5.83. The van der Waals surface area contributed by atoms with Crippen molar-refractivity contribution in [2.24, 2.45) is 0 Å². The van der Waals surface area contributed by atoms with Crippen LogP contribution in [0.15, 0.2) is 41.5 Å². The topological polar surface area (TPSA) is 21.3 Å². The quantitative estimate of drug-likeness (QED) is 0.780. The normalized spacial score (nSPS) is 16.6. The molecule has 0 radical (unpaired) electrons. The molecule has 1 N–H and O–H groups in total. The standard InChI is InChI=1S/C14H19NO/c1-16-11-14-10-15-8-7-13(14)9-12-5-3-2-4-6-12/h2-6,15H,7-11H2,1H3. The molecule has 0 aliphatic carbocycles. The van der Waals surface area contributed by atoms with Crippen LogP contribution in [0.1, 0.15) is 12.0 Å². The molecule has 2 rings (SSSR count). The molecule has 1 aliphatic heterocycles.